The summed E-state index contributed by atoms with van der Waals surface area (Å²) in [4.78, 5) is 4.28. The molecule has 0 bridgehead atoms. The highest BCUT2D eigenvalue weighted by Crippen LogP contribution is 2.18. The maximum absolute atomic E-state index is 12.9. The van der Waals surface area contributed by atoms with E-state index in [0.29, 0.717) is 18.5 Å². The summed E-state index contributed by atoms with van der Waals surface area (Å²) in [6.07, 6.45) is 4.94. The number of hydrogen-bond donors (Lipinski definition) is 2. The van der Waals surface area contributed by atoms with Crippen molar-refractivity contribution in [3.8, 4) is 5.69 Å². The summed E-state index contributed by atoms with van der Waals surface area (Å²) in [5, 5.41) is 7.59. The lowest BCUT2D eigenvalue weighted by atomic mass is 10.3. The van der Waals surface area contributed by atoms with Crippen LogP contribution >= 0.6 is 0 Å². The van der Waals surface area contributed by atoms with Crippen molar-refractivity contribution < 1.29 is 4.39 Å². The molecule has 0 atom stereocenters. The van der Waals surface area contributed by atoms with Crippen molar-refractivity contribution in [1.82, 2.24) is 15.1 Å². The number of benzene rings is 1. The minimum atomic E-state index is -0.251. The zero-order valence-electron chi connectivity index (χ0n) is 11.7. The molecule has 0 radical (unpaired) electrons. The Morgan fingerprint density at radius 2 is 2.10 bits per heavy atom. The molecule has 1 saturated carbocycles. The van der Waals surface area contributed by atoms with Crippen LogP contribution in [0.2, 0.25) is 0 Å². The molecule has 1 aliphatic rings. The molecule has 0 aliphatic heterocycles. The Bertz CT molecular complexity index is 628. The molecular formula is C15H18FN5. The third kappa shape index (κ3) is 3.81. The number of nitrogens with two attached hydrogens (primary N) is 1. The Hall–Kier alpha value is -2.37. The van der Waals surface area contributed by atoms with E-state index in [4.69, 9.17) is 5.73 Å². The molecule has 0 amide bonds. The molecule has 3 rings (SSSR count). The number of aromatic nitrogens is 2. The molecule has 0 saturated heterocycles. The fourth-order valence-electron chi connectivity index (χ4n) is 2.01. The maximum Gasteiger partial charge on any atom is 0.188 e. The van der Waals surface area contributed by atoms with Gasteiger partial charge in [0.2, 0.25) is 0 Å². The lowest BCUT2D eigenvalue weighted by Gasteiger charge is -2.02. The maximum atomic E-state index is 12.9. The zero-order chi connectivity index (χ0) is 14.7. The minimum absolute atomic E-state index is 0.251. The van der Waals surface area contributed by atoms with Gasteiger partial charge in [0.25, 0.3) is 0 Å². The molecule has 1 aliphatic carbocycles. The summed E-state index contributed by atoms with van der Waals surface area (Å²) in [5.74, 6) is 0.259. The van der Waals surface area contributed by atoms with Crippen LogP contribution in [-0.2, 0) is 6.42 Å². The van der Waals surface area contributed by atoms with Crippen LogP contribution in [0.5, 0.6) is 0 Å². The number of guanidine groups is 1. The molecule has 21 heavy (non-hydrogen) atoms. The molecule has 2 aromatic rings. The number of nitrogens with one attached hydrogen (secondary N) is 1. The van der Waals surface area contributed by atoms with E-state index in [9.17, 15) is 4.39 Å². The van der Waals surface area contributed by atoms with Crippen LogP contribution in [0.1, 0.15) is 18.5 Å². The third-order valence-electron chi connectivity index (χ3n) is 3.31. The van der Waals surface area contributed by atoms with E-state index in [1.165, 1.54) is 25.0 Å². The van der Waals surface area contributed by atoms with E-state index >= 15 is 0 Å². The van der Waals surface area contributed by atoms with Gasteiger partial charge >= 0.3 is 0 Å². The Balaban J connectivity index is 1.56. The molecule has 110 valence electrons. The summed E-state index contributed by atoms with van der Waals surface area (Å²) in [5.41, 5.74) is 7.53. The van der Waals surface area contributed by atoms with Gasteiger partial charge in [-0.3, -0.25) is 4.99 Å². The predicted octanol–water partition coefficient (Wildman–Crippen LogP) is 1.62. The van der Waals surface area contributed by atoms with Gasteiger partial charge < -0.3 is 11.1 Å². The Labute approximate surface area is 122 Å². The van der Waals surface area contributed by atoms with Gasteiger partial charge in [-0.2, -0.15) is 5.10 Å². The number of rotatable bonds is 5. The summed E-state index contributed by atoms with van der Waals surface area (Å²) in [6, 6.07) is 8.69. The van der Waals surface area contributed by atoms with E-state index in [2.05, 4.69) is 15.4 Å². The van der Waals surface area contributed by atoms with Gasteiger partial charge in [0.1, 0.15) is 5.82 Å². The van der Waals surface area contributed by atoms with Crippen LogP contribution in [0, 0.1) is 5.82 Å². The van der Waals surface area contributed by atoms with E-state index < -0.39 is 0 Å². The van der Waals surface area contributed by atoms with Gasteiger partial charge in [-0.25, -0.2) is 9.07 Å². The Morgan fingerprint density at radius 1 is 1.33 bits per heavy atom. The summed E-state index contributed by atoms with van der Waals surface area (Å²) in [7, 11) is 0. The van der Waals surface area contributed by atoms with Crippen LogP contribution in [0.25, 0.3) is 5.69 Å². The number of halogens is 1. The molecule has 1 heterocycles. The van der Waals surface area contributed by atoms with Crippen LogP contribution in [-0.4, -0.2) is 28.3 Å². The second-order valence-corrected chi connectivity index (χ2v) is 5.16. The molecule has 1 fully saturated rings. The first-order chi connectivity index (χ1) is 10.2. The smallest absolute Gasteiger partial charge is 0.188 e. The Kier molecular flexibility index (Phi) is 3.85. The normalized spacial score (nSPS) is 15.2. The van der Waals surface area contributed by atoms with Gasteiger partial charge in [-0.1, -0.05) is 0 Å². The first-order valence-electron chi connectivity index (χ1n) is 7.08. The lowest BCUT2D eigenvalue weighted by Crippen LogP contribution is -2.33. The van der Waals surface area contributed by atoms with E-state index in [-0.39, 0.29) is 5.82 Å². The zero-order valence-corrected chi connectivity index (χ0v) is 11.7. The van der Waals surface area contributed by atoms with Gasteiger partial charge in [0, 0.05) is 25.2 Å². The molecule has 1 aromatic heterocycles. The van der Waals surface area contributed by atoms with Crippen molar-refractivity contribution in [1.29, 1.82) is 0 Å². The van der Waals surface area contributed by atoms with Crippen LogP contribution in [0.15, 0.2) is 41.5 Å². The molecule has 3 N–H and O–H groups in total. The molecule has 1 aromatic carbocycles. The van der Waals surface area contributed by atoms with Crippen LogP contribution < -0.4 is 11.1 Å². The predicted molar refractivity (Wildman–Crippen MR) is 79.9 cm³/mol. The quantitative estimate of drug-likeness (QED) is 0.648. The molecular weight excluding hydrogens is 269 g/mol. The average molecular weight is 287 g/mol. The fraction of sp³-hybridized carbons (Fsp3) is 0.333. The Morgan fingerprint density at radius 3 is 2.81 bits per heavy atom. The molecule has 6 heteroatoms. The molecule has 0 spiro atoms. The summed E-state index contributed by atoms with van der Waals surface area (Å²) >= 11 is 0. The highest BCUT2D eigenvalue weighted by Gasteiger charge is 2.21. The van der Waals surface area contributed by atoms with Crippen molar-refractivity contribution in [3.05, 3.63) is 48.0 Å². The summed E-state index contributed by atoms with van der Waals surface area (Å²) in [6.45, 7) is 0.603. The standard InChI is InChI=1S/C15H18FN5/c16-11-1-5-14(6-2-11)21-10-8-13(20-21)7-9-18-15(17)19-12-3-4-12/h1-2,5-6,8,10,12H,3-4,7,9H2,(H3,17,18,19). The van der Waals surface area contributed by atoms with E-state index in [1.54, 1.807) is 16.8 Å². The molecule has 5 nitrogen and oxygen atoms in total. The van der Waals surface area contributed by atoms with Crippen molar-refractivity contribution >= 4 is 5.96 Å². The van der Waals surface area contributed by atoms with Crippen molar-refractivity contribution in [3.63, 3.8) is 0 Å². The lowest BCUT2D eigenvalue weighted by molar-refractivity contribution is 0.627. The second kappa shape index (κ2) is 5.95. The largest absolute Gasteiger partial charge is 0.370 e. The first-order valence-corrected chi connectivity index (χ1v) is 7.08. The number of nitrogens with zero attached hydrogens (tertiary/aromatic N) is 3. The number of aliphatic imine (C=N–C) groups is 1. The van der Waals surface area contributed by atoms with Gasteiger partial charge in [0.05, 0.1) is 11.4 Å². The van der Waals surface area contributed by atoms with Gasteiger partial charge in [0.15, 0.2) is 5.96 Å². The van der Waals surface area contributed by atoms with Crippen molar-refractivity contribution in [2.75, 3.05) is 6.54 Å². The highest BCUT2D eigenvalue weighted by molar-refractivity contribution is 5.78. The van der Waals surface area contributed by atoms with Crippen molar-refractivity contribution in [2.45, 2.75) is 25.3 Å². The van der Waals surface area contributed by atoms with Crippen LogP contribution in [0.4, 0.5) is 4.39 Å². The van der Waals surface area contributed by atoms with Crippen LogP contribution in [0.3, 0.4) is 0 Å². The van der Waals surface area contributed by atoms with Crippen molar-refractivity contribution in [2.24, 2.45) is 10.7 Å². The van der Waals surface area contributed by atoms with E-state index in [1.807, 2.05) is 12.3 Å². The fourth-order valence-corrected chi connectivity index (χ4v) is 2.01. The summed E-state index contributed by atoms with van der Waals surface area (Å²) < 4.78 is 14.6. The second-order valence-electron chi connectivity index (χ2n) is 5.16. The van der Waals surface area contributed by atoms with Gasteiger partial charge in [-0.15, -0.1) is 0 Å². The first kappa shape index (κ1) is 13.6. The highest BCUT2D eigenvalue weighted by atomic mass is 19.1. The van der Waals surface area contributed by atoms with Gasteiger partial charge in [-0.05, 0) is 43.2 Å². The topological polar surface area (TPSA) is 68.2 Å². The number of hydrogen-bond acceptors (Lipinski definition) is 2. The SMILES string of the molecule is NC(=NCCc1ccn(-c2ccc(F)cc2)n1)NC1CC1. The minimum Gasteiger partial charge on any atom is -0.370 e. The monoisotopic (exact) mass is 287 g/mol. The average Bonchev–Trinajstić information content (AvgIpc) is 3.15. The van der Waals surface area contributed by atoms with E-state index in [0.717, 1.165) is 17.8 Å². The molecule has 0 unspecified atom stereocenters. The third-order valence-corrected chi connectivity index (χ3v) is 3.31.